The molecule has 156 valence electrons. The number of amides is 1. The fraction of sp³-hybridized carbons (Fsp3) is 0.333. The molecule has 0 saturated carbocycles. The van der Waals surface area contributed by atoms with Crippen molar-refractivity contribution in [3.63, 3.8) is 0 Å². The minimum atomic E-state index is -0.175. The number of methoxy groups -OCH3 is 1. The number of ether oxygens (including phenoxy) is 2. The summed E-state index contributed by atoms with van der Waals surface area (Å²) in [7, 11) is 1.59. The SMILES string of the molecule is COc1ccc(C(=O)N(Cc2cc3cc(C)ccc3[nH]c2=O)C[C@H]2CCCO2)cc1. The predicted molar refractivity (Wildman–Crippen MR) is 116 cm³/mol. The van der Waals surface area contributed by atoms with Gasteiger partial charge in [0.25, 0.3) is 11.5 Å². The number of aromatic nitrogens is 1. The molecule has 2 heterocycles. The van der Waals surface area contributed by atoms with Crippen molar-refractivity contribution in [2.75, 3.05) is 20.3 Å². The van der Waals surface area contributed by atoms with E-state index in [1.54, 1.807) is 36.3 Å². The zero-order chi connectivity index (χ0) is 21.1. The third-order valence-corrected chi connectivity index (χ3v) is 5.51. The van der Waals surface area contributed by atoms with Crippen molar-refractivity contribution in [1.29, 1.82) is 0 Å². The zero-order valence-corrected chi connectivity index (χ0v) is 17.3. The van der Waals surface area contributed by atoms with Crippen molar-refractivity contribution in [2.45, 2.75) is 32.4 Å². The molecular formula is C24H26N2O4. The first-order valence-corrected chi connectivity index (χ1v) is 10.2. The van der Waals surface area contributed by atoms with Gasteiger partial charge in [0.05, 0.1) is 19.8 Å². The van der Waals surface area contributed by atoms with E-state index in [-0.39, 0.29) is 24.1 Å². The molecule has 6 nitrogen and oxygen atoms in total. The average Bonchev–Trinajstić information content (AvgIpc) is 3.27. The van der Waals surface area contributed by atoms with Crippen molar-refractivity contribution in [2.24, 2.45) is 0 Å². The molecule has 0 bridgehead atoms. The van der Waals surface area contributed by atoms with Gasteiger partial charge in [-0.15, -0.1) is 0 Å². The molecule has 3 aromatic rings. The standard InChI is InChI=1S/C24H26N2O4/c1-16-5-10-22-18(12-16)13-19(23(27)25-22)14-26(15-21-4-3-11-30-21)24(28)17-6-8-20(29-2)9-7-17/h5-10,12-13,21H,3-4,11,14-15H2,1-2H3,(H,25,27)/t21-/m1/s1. The van der Waals surface area contributed by atoms with Crippen LogP contribution in [0.4, 0.5) is 0 Å². The molecule has 6 heteroatoms. The Balaban J connectivity index is 1.65. The highest BCUT2D eigenvalue weighted by Gasteiger charge is 2.24. The molecule has 0 radical (unpaired) electrons. The topological polar surface area (TPSA) is 71.6 Å². The predicted octanol–water partition coefficient (Wildman–Crippen LogP) is 3.67. The largest absolute Gasteiger partial charge is 0.497 e. The van der Waals surface area contributed by atoms with E-state index in [9.17, 15) is 9.59 Å². The number of rotatable bonds is 6. The Morgan fingerprint density at radius 2 is 2.00 bits per heavy atom. The Morgan fingerprint density at radius 3 is 2.70 bits per heavy atom. The van der Waals surface area contributed by atoms with Crippen LogP contribution in [0.1, 0.15) is 34.3 Å². The lowest BCUT2D eigenvalue weighted by Gasteiger charge is -2.25. The third kappa shape index (κ3) is 4.39. The van der Waals surface area contributed by atoms with Gasteiger partial charge in [-0.2, -0.15) is 0 Å². The number of nitrogens with one attached hydrogen (secondary N) is 1. The lowest BCUT2D eigenvalue weighted by atomic mass is 10.1. The third-order valence-electron chi connectivity index (χ3n) is 5.51. The number of fused-ring (bicyclic) bond motifs is 1. The second kappa shape index (κ2) is 8.71. The Labute approximate surface area is 175 Å². The summed E-state index contributed by atoms with van der Waals surface area (Å²) in [5.74, 6) is 0.565. The van der Waals surface area contributed by atoms with Crippen LogP contribution in [0.3, 0.4) is 0 Å². The number of carbonyl (C=O) groups is 1. The summed E-state index contributed by atoms with van der Waals surface area (Å²) in [6.45, 7) is 3.41. The van der Waals surface area contributed by atoms with Gasteiger partial charge in [0, 0.05) is 29.8 Å². The number of nitrogens with zero attached hydrogens (tertiary/aromatic N) is 1. The molecule has 1 aliphatic heterocycles. The molecule has 1 saturated heterocycles. The summed E-state index contributed by atoms with van der Waals surface area (Å²) in [6.07, 6.45) is 1.90. The van der Waals surface area contributed by atoms with Crippen molar-refractivity contribution in [3.05, 3.63) is 75.6 Å². The Bertz CT molecular complexity index is 1100. The van der Waals surface area contributed by atoms with E-state index in [0.29, 0.717) is 30.0 Å². The smallest absolute Gasteiger partial charge is 0.254 e. The lowest BCUT2D eigenvalue weighted by molar-refractivity contribution is 0.0506. The maximum Gasteiger partial charge on any atom is 0.254 e. The van der Waals surface area contributed by atoms with E-state index < -0.39 is 0 Å². The number of aromatic amines is 1. The van der Waals surface area contributed by atoms with Crippen LogP contribution >= 0.6 is 0 Å². The van der Waals surface area contributed by atoms with Crippen molar-refractivity contribution in [3.8, 4) is 5.75 Å². The molecule has 1 amide bonds. The monoisotopic (exact) mass is 406 g/mol. The van der Waals surface area contributed by atoms with Gasteiger partial charge in [-0.25, -0.2) is 0 Å². The molecular weight excluding hydrogens is 380 g/mol. The summed E-state index contributed by atoms with van der Waals surface area (Å²) in [4.78, 5) is 30.6. The first-order chi connectivity index (χ1) is 14.5. The van der Waals surface area contributed by atoms with Crippen LogP contribution in [-0.4, -0.2) is 42.2 Å². The van der Waals surface area contributed by atoms with Gasteiger partial charge in [-0.3, -0.25) is 9.59 Å². The van der Waals surface area contributed by atoms with E-state index in [0.717, 1.165) is 29.3 Å². The quantitative estimate of drug-likeness (QED) is 0.678. The normalized spacial score (nSPS) is 16.0. The maximum absolute atomic E-state index is 13.3. The van der Waals surface area contributed by atoms with Gasteiger partial charge < -0.3 is 19.4 Å². The highest BCUT2D eigenvalue weighted by molar-refractivity contribution is 5.94. The highest BCUT2D eigenvalue weighted by Crippen LogP contribution is 2.20. The molecule has 4 rings (SSSR count). The minimum Gasteiger partial charge on any atom is -0.497 e. The maximum atomic E-state index is 13.3. The van der Waals surface area contributed by atoms with Gasteiger partial charge in [0.1, 0.15) is 5.75 Å². The van der Waals surface area contributed by atoms with Gasteiger partial charge in [0.2, 0.25) is 0 Å². The molecule has 1 atom stereocenters. The molecule has 30 heavy (non-hydrogen) atoms. The molecule has 0 spiro atoms. The van der Waals surface area contributed by atoms with Crippen molar-refractivity contribution >= 4 is 16.8 Å². The number of benzene rings is 2. The second-order valence-corrected chi connectivity index (χ2v) is 7.76. The molecule has 1 fully saturated rings. The molecule has 1 aromatic heterocycles. The molecule has 0 aliphatic carbocycles. The number of carbonyl (C=O) groups excluding carboxylic acids is 1. The van der Waals surface area contributed by atoms with Gasteiger partial charge in [-0.05, 0) is 67.6 Å². The number of aryl methyl sites for hydroxylation is 1. The highest BCUT2D eigenvalue weighted by atomic mass is 16.5. The van der Waals surface area contributed by atoms with Crippen LogP contribution in [0.25, 0.3) is 10.9 Å². The van der Waals surface area contributed by atoms with Gasteiger partial charge in [0.15, 0.2) is 0 Å². The summed E-state index contributed by atoms with van der Waals surface area (Å²) < 4.78 is 10.9. The number of pyridine rings is 1. The van der Waals surface area contributed by atoms with E-state index in [2.05, 4.69) is 4.98 Å². The second-order valence-electron chi connectivity index (χ2n) is 7.76. The fourth-order valence-electron chi connectivity index (χ4n) is 3.86. The van der Waals surface area contributed by atoms with Crippen molar-refractivity contribution in [1.82, 2.24) is 9.88 Å². The van der Waals surface area contributed by atoms with Gasteiger partial charge >= 0.3 is 0 Å². The summed E-state index contributed by atoms with van der Waals surface area (Å²) >= 11 is 0. The Morgan fingerprint density at radius 1 is 1.20 bits per heavy atom. The first kappa shape index (κ1) is 20.2. The van der Waals surface area contributed by atoms with Crippen LogP contribution in [-0.2, 0) is 11.3 Å². The Hall–Kier alpha value is -3.12. The van der Waals surface area contributed by atoms with Crippen molar-refractivity contribution < 1.29 is 14.3 Å². The molecule has 1 N–H and O–H groups in total. The van der Waals surface area contributed by atoms with Crippen LogP contribution < -0.4 is 10.3 Å². The van der Waals surface area contributed by atoms with E-state index in [1.165, 1.54) is 0 Å². The number of hydrogen-bond acceptors (Lipinski definition) is 4. The van der Waals surface area contributed by atoms with E-state index in [1.807, 2.05) is 31.2 Å². The van der Waals surface area contributed by atoms with Crippen LogP contribution in [0.15, 0.2) is 53.3 Å². The summed E-state index contributed by atoms with van der Waals surface area (Å²) in [5.41, 5.74) is 2.86. The minimum absolute atomic E-state index is 0.00557. The molecule has 1 aliphatic rings. The Kier molecular flexibility index (Phi) is 5.86. The lowest BCUT2D eigenvalue weighted by Crippen LogP contribution is -2.38. The van der Waals surface area contributed by atoms with Crippen LogP contribution in [0.5, 0.6) is 5.75 Å². The van der Waals surface area contributed by atoms with Gasteiger partial charge in [-0.1, -0.05) is 11.6 Å². The fourth-order valence-corrected chi connectivity index (χ4v) is 3.86. The molecule has 0 unspecified atom stereocenters. The first-order valence-electron chi connectivity index (χ1n) is 10.2. The summed E-state index contributed by atoms with van der Waals surface area (Å²) in [5, 5.41) is 0.957. The summed E-state index contributed by atoms with van der Waals surface area (Å²) in [6, 6.07) is 14.8. The number of H-pyrrole nitrogens is 1. The van der Waals surface area contributed by atoms with E-state index >= 15 is 0 Å². The van der Waals surface area contributed by atoms with Crippen LogP contribution in [0.2, 0.25) is 0 Å². The zero-order valence-electron chi connectivity index (χ0n) is 17.3. The average molecular weight is 406 g/mol. The van der Waals surface area contributed by atoms with Crippen LogP contribution in [0, 0.1) is 6.92 Å². The van der Waals surface area contributed by atoms with E-state index in [4.69, 9.17) is 9.47 Å². The molecule has 2 aromatic carbocycles. The number of hydrogen-bond donors (Lipinski definition) is 1.